The van der Waals surface area contributed by atoms with Gasteiger partial charge >= 0.3 is 0 Å². The number of benzene rings is 1. The Morgan fingerprint density at radius 2 is 2.19 bits per heavy atom. The van der Waals surface area contributed by atoms with Crippen molar-refractivity contribution in [2.75, 3.05) is 5.32 Å². The zero-order valence-electron chi connectivity index (χ0n) is 13.7. The van der Waals surface area contributed by atoms with E-state index in [1.165, 1.54) is 23.5 Å². The van der Waals surface area contributed by atoms with Crippen molar-refractivity contribution < 1.29 is 9.18 Å². The molecule has 7 heteroatoms. The van der Waals surface area contributed by atoms with Crippen molar-refractivity contribution in [3.63, 3.8) is 0 Å². The Bertz CT molecular complexity index is 1060. The number of nitrogens with zero attached hydrogens (tertiary/aromatic N) is 3. The van der Waals surface area contributed by atoms with Crippen LogP contribution in [0.5, 0.6) is 0 Å². The number of halogens is 1. The topological polar surface area (TPSA) is 59.8 Å². The monoisotopic (exact) mass is 366 g/mol. The molecule has 0 aliphatic carbocycles. The smallest absolute Gasteiger partial charge is 0.227 e. The quantitative estimate of drug-likeness (QED) is 0.572. The second-order valence-electron chi connectivity index (χ2n) is 5.79. The first kappa shape index (κ1) is 16.4. The van der Waals surface area contributed by atoms with E-state index in [9.17, 15) is 9.18 Å². The van der Waals surface area contributed by atoms with Crippen LogP contribution in [0.4, 0.5) is 9.52 Å². The fourth-order valence-electron chi connectivity index (χ4n) is 2.73. The lowest BCUT2D eigenvalue weighted by atomic mass is 10.2. The second kappa shape index (κ2) is 7.05. The third-order valence-electron chi connectivity index (χ3n) is 4.02. The lowest BCUT2D eigenvalue weighted by molar-refractivity contribution is -0.116. The molecular weight excluding hydrogens is 351 g/mol. The van der Waals surface area contributed by atoms with Crippen LogP contribution < -0.4 is 5.32 Å². The maximum absolute atomic E-state index is 13.4. The minimum absolute atomic E-state index is 0.129. The number of amides is 1. The van der Waals surface area contributed by atoms with Crippen LogP contribution in [-0.2, 0) is 11.3 Å². The molecule has 5 nitrogen and oxygen atoms in total. The Labute approximate surface area is 153 Å². The highest BCUT2D eigenvalue weighted by atomic mass is 32.1. The van der Waals surface area contributed by atoms with Crippen molar-refractivity contribution in [2.24, 2.45) is 0 Å². The highest BCUT2D eigenvalue weighted by Crippen LogP contribution is 2.24. The van der Waals surface area contributed by atoms with Gasteiger partial charge in [-0.25, -0.2) is 9.37 Å². The number of carbonyl (C=O) groups is 1. The maximum Gasteiger partial charge on any atom is 0.227 e. The van der Waals surface area contributed by atoms with Crippen molar-refractivity contribution in [3.05, 3.63) is 66.2 Å². The number of pyridine rings is 1. The summed E-state index contributed by atoms with van der Waals surface area (Å²) in [5, 5.41) is 6.20. The van der Waals surface area contributed by atoms with Gasteiger partial charge in [0.05, 0.1) is 11.2 Å². The van der Waals surface area contributed by atoms with Crippen LogP contribution >= 0.6 is 11.3 Å². The summed E-state index contributed by atoms with van der Waals surface area (Å²) in [6.45, 7) is 0.472. The lowest BCUT2D eigenvalue weighted by Crippen LogP contribution is -2.14. The van der Waals surface area contributed by atoms with Crippen molar-refractivity contribution >= 4 is 33.3 Å². The van der Waals surface area contributed by atoms with Crippen LogP contribution in [0.3, 0.4) is 0 Å². The van der Waals surface area contributed by atoms with Crippen molar-refractivity contribution in [1.29, 1.82) is 0 Å². The number of fused-ring (bicyclic) bond motifs is 1. The van der Waals surface area contributed by atoms with Gasteiger partial charge < -0.3 is 9.88 Å². The van der Waals surface area contributed by atoms with Crippen molar-refractivity contribution in [2.45, 2.75) is 13.0 Å². The number of thiazole rings is 1. The van der Waals surface area contributed by atoms with Crippen LogP contribution in [0.15, 0.2) is 60.4 Å². The van der Waals surface area contributed by atoms with Gasteiger partial charge in [0.25, 0.3) is 0 Å². The molecule has 0 saturated carbocycles. The van der Waals surface area contributed by atoms with E-state index in [2.05, 4.69) is 15.3 Å². The number of nitrogens with one attached hydrogen (secondary N) is 1. The first-order valence-corrected chi connectivity index (χ1v) is 8.97. The fraction of sp³-hybridized carbons (Fsp3) is 0.105. The fourth-order valence-corrected chi connectivity index (χ4v) is 3.47. The molecule has 0 spiro atoms. The summed E-state index contributed by atoms with van der Waals surface area (Å²) >= 11 is 1.37. The first-order valence-electron chi connectivity index (χ1n) is 8.09. The maximum atomic E-state index is 13.4. The van der Waals surface area contributed by atoms with Gasteiger partial charge in [0.1, 0.15) is 5.82 Å². The lowest BCUT2D eigenvalue weighted by Gasteiger charge is -2.05. The first-order chi connectivity index (χ1) is 12.7. The van der Waals surface area contributed by atoms with E-state index in [-0.39, 0.29) is 18.1 Å². The number of aromatic nitrogens is 3. The molecule has 0 saturated heterocycles. The van der Waals surface area contributed by atoms with Gasteiger partial charge in [-0.1, -0.05) is 0 Å². The largest absolute Gasteiger partial charge is 0.347 e. The van der Waals surface area contributed by atoms with Crippen molar-refractivity contribution in [3.8, 4) is 11.3 Å². The summed E-state index contributed by atoms with van der Waals surface area (Å²) in [4.78, 5) is 20.7. The van der Waals surface area contributed by atoms with E-state index in [1.807, 2.05) is 34.3 Å². The van der Waals surface area contributed by atoms with Gasteiger partial charge in [0.15, 0.2) is 5.13 Å². The predicted octanol–water partition coefficient (Wildman–Crippen LogP) is 4.33. The Balaban J connectivity index is 1.40. The van der Waals surface area contributed by atoms with E-state index in [4.69, 9.17) is 0 Å². The molecule has 0 fully saturated rings. The molecule has 0 unspecified atom stereocenters. The van der Waals surface area contributed by atoms with Crippen LogP contribution in [0.25, 0.3) is 22.2 Å². The molecule has 0 bridgehead atoms. The Morgan fingerprint density at radius 3 is 3.04 bits per heavy atom. The average Bonchev–Trinajstić information content (AvgIpc) is 3.27. The molecule has 26 heavy (non-hydrogen) atoms. The Kier molecular flexibility index (Phi) is 4.45. The van der Waals surface area contributed by atoms with Crippen LogP contribution in [0.2, 0.25) is 0 Å². The molecule has 3 aromatic heterocycles. The van der Waals surface area contributed by atoms with Crippen LogP contribution in [0, 0.1) is 5.82 Å². The number of hydrogen-bond acceptors (Lipinski definition) is 4. The Hall–Kier alpha value is -3.06. The van der Waals surface area contributed by atoms with Gasteiger partial charge in [0, 0.05) is 42.5 Å². The number of anilines is 1. The summed E-state index contributed by atoms with van der Waals surface area (Å²) in [5.41, 5.74) is 2.47. The second-order valence-corrected chi connectivity index (χ2v) is 6.65. The molecule has 3 heterocycles. The summed E-state index contributed by atoms with van der Waals surface area (Å²) in [6, 6.07) is 10.3. The third kappa shape index (κ3) is 3.48. The number of aryl methyl sites for hydroxylation is 1. The summed E-state index contributed by atoms with van der Waals surface area (Å²) in [6.07, 6.45) is 5.58. The van der Waals surface area contributed by atoms with Crippen LogP contribution in [0.1, 0.15) is 6.42 Å². The molecule has 130 valence electrons. The molecule has 1 amide bonds. The standard InChI is InChI=1S/C19H15FN4OS/c20-15-4-3-13-5-8-24(17(13)10-15)9-6-18(25)23-19-22-16(12-26-19)14-2-1-7-21-11-14/h1-5,7-8,10-12H,6,9H2,(H,22,23,25). The third-order valence-corrected chi connectivity index (χ3v) is 4.78. The number of rotatable bonds is 5. The van der Waals surface area contributed by atoms with Gasteiger partial charge in [-0.05, 0) is 41.8 Å². The van der Waals surface area contributed by atoms with E-state index in [1.54, 1.807) is 18.5 Å². The molecular formula is C19H15FN4OS. The highest BCUT2D eigenvalue weighted by Gasteiger charge is 2.09. The summed E-state index contributed by atoms with van der Waals surface area (Å²) in [7, 11) is 0. The van der Waals surface area contributed by atoms with Gasteiger partial charge in [0.2, 0.25) is 5.91 Å². The highest BCUT2D eigenvalue weighted by molar-refractivity contribution is 7.14. The number of carbonyl (C=O) groups excluding carboxylic acids is 1. The average molecular weight is 366 g/mol. The molecule has 0 atom stereocenters. The molecule has 4 aromatic rings. The molecule has 0 aliphatic heterocycles. The normalized spacial score (nSPS) is 11.0. The SMILES string of the molecule is O=C(CCn1ccc2ccc(F)cc21)Nc1nc(-c2cccnc2)cs1. The van der Waals surface area contributed by atoms with E-state index in [0.717, 1.165) is 22.2 Å². The van der Waals surface area contributed by atoms with Gasteiger partial charge in [-0.3, -0.25) is 9.78 Å². The van der Waals surface area contributed by atoms with E-state index < -0.39 is 0 Å². The molecule has 0 aliphatic rings. The molecule has 1 N–H and O–H groups in total. The zero-order chi connectivity index (χ0) is 17.9. The van der Waals surface area contributed by atoms with Crippen LogP contribution in [-0.4, -0.2) is 20.4 Å². The number of hydrogen-bond donors (Lipinski definition) is 1. The van der Waals surface area contributed by atoms with E-state index in [0.29, 0.717) is 11.7 Å². The molecule has 0 radical (unpaired) electrons. The summed E-state index contributed by atoms with van der Waals surface area (Å²) in [5.74, 6) is -0.414. The molecule has 4 rings (SSSR count). The molecule has 1 aromatic carbocycles. The summed E-state index contributed by atoms with van der Waals surface area (Å²) < 4.78 is 15.3. The van der Waals surface area contributed by atoms with Gasteiger partial charge in [-0.2, -0.15) is 0 Å². The van der Waals surface area contributed by atoms with Crippen molar-refractivity contribution in [1.82, 2.24) is 14.5 Å². The Morgan fingerprint density at radius 1 is 1.27 bits per heavy atom. The van der Waals surface area contributed by atoms with E-state index >= 15 is 0 Å². The minimum Gasteiger partial charge on any atom is -0.347 e. The minimum atomic E-state index is -0.285. The zero-order valence-corrected chi connectivity index (χ0v) is 14.5. The van der Waals surface area contributed by atoms with Gasteiger partial charge in [-0.15, -0.1) is 11.3 Å². The predicted molar refractivity (Wildman–Crippen MR) is 100 cm³/mol.